The van der Waals surface area contributed by atoms with Crippen LogP contribution in [0.4, 0.5) is 0 Å². The van der Waals surface area contributed by atoms with Gasteiger partial charge in [0.05, 0.1) is 5.69 Å². The summed E-state index contributed by atoms with van der Waals surface area (Å²) in [6.45, 7) is 0. The van der Waals surface area contributed by atoms with Crippen molar-refractivity contribution in [3.05, 3.63) is 59.2 Å². The van der Waals surface area contributed by atoms with E-state index in [1.165, 1.54) is 11.1 Å². The van der Waals surface area contributed by atoms with Crippen LogP contribution in [0.5, 0.6) is 0 Å². The van der Waals surface area contributed by atoms with Crippen LogP contribution in [0.2, 0.25) is 0 Å². The molecule has 0 N–H and O–H groups in total. The molecule has 4 nitrogen and oxygen atoms in total. The summed E-state index contributed by atoms with van der Waals surface area (Å²) in [5.74, 6) is 1.13. The largest absolute Gasteiger partial charge is 0.350 e. The second-order valence-corrected chi connectivity index (χ2v) is 4.93. The Morgan fingerprint density at radius 2 is 1.95 bits per heavy atom. The third-order valence-corrected chi connectivity index (χ3v) is 3.81. The maximum atomic E-state index is 5.26. The number of ether oxygens (including phenoxy) is 2. The van der Waals surface area contributed by atoms with Gasteiger partial charge in [0.15, 0.2) is 0 Å². The second-order valence-electron chi connectivity index (χ2n) is 4.93. The Labute approximate surface area is 118 Å². The van der Waals surface area contributed by atoms with Crippen LogP contribution in [0.15, 0.2) is 36.5 Å². The van der Waals surface area contributed by atoms with Crippen LogP contribution in [0.3, 0.4) is 0 Å². The Balaban J connectivity index is 1.94. The van der Waals surface area contributed by atoms with Gasteiger partial charge in [-0.05, 0) is 30.0 Å². The molecule has 0 saturated carbocycles. The predicted octanol–water partition coefficient (Wildman–Crippen LogP) is 2.85. The van der Waals surface area contributed by atoms with E-state index in [2.05, 4.69) is 34.2 Å². The molecule has 4 heteroatoms. The molecule has 1 unspecified atom stereocenters. The number of nitrogens with zero attached hydrogens (tertiary/aromatic N) is 2. The first kappa shape index (κ1) is 13.2. The van der Waals surface area contributed by atoms with E-state index in [1.807, 2.05) is 6.07 Å². The van der Waals surface area contributed by atoms with Crippen LogP contribution in [-0.2, 0) is 15.9 Å². The number of rotatable bonds is 4. The maximum absolute atomic E-state index is 5.26. The van der Waals surface area contributed by atoms with Crippen LogP contribution in [0.1, 0.15) is 41.3 Å². The minimum Gasteiger partial charge on any atom is -0.350 e. The van der Waals surface area contributed by atoms with Gasteiger partial charge < -0.3 is 9.47 Å². The molecule has 1 heterocycles. The Bertz CT molecular complexity index is 597. The van der Waals surface area contributed by atoms with Crippen LogP contribution in [-0.4, -0.2) is 24.2 Å². The lowest BCUT2D eigenvalue weighted by atomic mass is 10.0. The van der Waals surface area contributed by atoms with E-state index in [0.717, 1.165) is 24.4 Å². The summed E-state index contributed by atoms with van der Waals surface area (Å²) in [5, 5.41) is 0. The molecular weight excluding hydrogens is 252 g/mol. The Kier molecular flexibility index (Phi) is 3.76. The SMILES string of the molecule is COC(OC)c1ccnc(C2CCc3ccccc32)n1. The quantitative estimate of drug-likeness (QED) is 0.801. The molecule has 3 rings (SSSR count). The summed E-state index contributed by atoms with van der Waals surface area (Å²) in [6, 6.07) is 10.4. The highest BCUT2D eigenvalue weighted by Crippen LogP contribution is 2.36. The van der Waals surface area contributed by atoms with Crippen molar-refractivity contribution in [2.45, 2.75) is 25.0 Å². The zero-order valence-electron chi connectivity index (χ0n) is 11.7. The third-order valence-electron chi connectivity index (χ3n) is 3.81. The highest BCUT2D eigenvalue weighted by Gasteiger charge is 2.26. The molecule has 1 aliphatic rings. The number of fused-ring (bicyclic) bond motifs is 1. The van der Waals surface area contributed by atoms with E-state index in [9.17, 15) is 0 Å². The molecule has 0 bridgehead atoms. The monoisotopic (exact) mass is 270 g/mol. The van der Waals surface area contributed by atoms with E-state index >= 15 is 0 Å². The molecule has 1 aromatic heterocycles. The van der Waals surface area contributed by atoms with Crippen LogP contribution in [0.25, 0.3) is 0 Å². The van der Waals surface area contributed by atoms with Gasteiger partial charge in [0.1, 0.15) is 5.82 Å². The van der Waals surface area contributed by atoms with Crippen molar-refractivity contribution in [2.24, 2.45) is 0 Å². The van der Waals surface area contributed by atoms with Crippen LogP contribution >= 0.6 is 0 Å². The summed E-state index contributed by atoms with van der Waals surface area (Å²) < 4.78 is 10.5. The molecule has 0 aliphatic heterocycles. The molecular formula is C16H18N2O2. The van der Waals surface area contributed by atoms with Gasteiger partial charge in [-0.1, -0.05) is 24.3 Å². The normalized spacial score (nSPS) is 17.4. The van der Waals surface area contributed by atoms with Gasteiger partial charge in [0, 0.05) is 26.3 Å². The summed E-state index contributed by atoms with van der Waals surface area (Å²) in [7, 11) is 3.22. The molecule has 1 aliphatic carbocycles. The number of methoxy groups -OCH3 is 2. The van der Waals surface area contributed by atoms with Crippen molar-refractivity contribution in [1.82, 2.24) is 9.97 Å². The Morgan fingerprint density at radius 1 is 1.15 bits per heavy atom. The van der Waals surface area contributed by atoms with Crippen molar-refractivity contribution in [3.63, 3.8) is 0 Å². The summed E-state index contributed by atoms with van der Waals surface area (Å²) in [6.07, 6.45) is 3.50. The van der Waals surface area contributed by atoms with Gasteiger partial charge in [-0.3, -0.25) is 0 Å². The molecule has 0 amide bonds. The minimum absolute atomic E-state index is 0.278. The van der Waals surface area contributed by atoms with Gasteiger partial charge >= 0.3 is 0 Å². The fourth-order valence-electron chi connectivity index (χ4n) is 2.85. The number of benzene rings is 1. The molecule has 0 spiro atoms. The van der Waals surface area contributed by atoms with Crippen molar-refractivity contribution in [1.29, 1.82) is 0 Å². The smallest absolute Gasteiger partial charge is 0.200 e. The topological polar surface area (TPSA) is 44.2 Å². The highest BCUT2D eigenvalue weighted by molar-refractivity contribution is 5.38. The second kappa shape index (κ2) is 5.69. The fourth-order valence-corrected chi connectivity index (χ4v) is 2.85. The van der Waals surface area contributed by atoms with Crippen molar-refractivity contribution >= 4 is 0 Å². The zero-order chi connectivity index (χ0) is 13.9. The number of aromatic nitrogens is 2. The first-order valence-corrected chi connectivity index (χ1v) is 6.79. The molecule has 104 valence electrons. The van der Waals surface area contributed by atoms with Gasteiger partial charge in [0.25, 0.3) is 0 Å². The van der Waals surface area contributed by atoms with Gasteiger partial charge in [-0.2, -0.15) is 0 Å². The van der Waals surface area contributed by atoms with E-state index in [0.29, 0.717) is 0 Å². The first-order valence-electron chi connectivity index (χ1n) is 6.79. The van der Waals surface area contributed by atoms with Gasteiger partial charge in [0.2, 0.25) is 6.29 Å². The minimum atomic E-state index is -0.437. The lowest BCUT2D eigenvalue weighted by molar-refractivity contribution is -0.108. The molecule has 1 atom stereocenters. The lowest BCUT2D eigenvalue weighted by Gasteiger charge is -2.15. The lowest BCUT2D eigenvalue weighted by Crippen LogP contribution is -2.10. The summed E-state index contributed by atoms with van der Waals surface area (Å²) in [5.41, 5.74) is 3.52. The van der Waals surface area contributed by atoms with Crippen molar-refractivity contribution in [3.8, 4) is 0 Å². The molecule has 0 saturated heterocycles. The molecule has 1 aromatic carbocycles. The van der Waals surface area contributed by atoms with Crippen molar-refractivity contribution in [2.75, 3.05) is 14.2 Å². The first-order chi connectivity index (χ1) is 9.83. The van der Waals surface area contributed by atoms with Crippen molar-refractivity contribution < 1.29 is 9.47 Å². The highest BCUT2D eigenvalue weighted by atomic mass is 16.7. The molecule has 0 radical (unpaired) electrons. The average molecular weight is 270 g/mol. The molecule has 0 fully saturated rings. The van der Waals surface area contributed by atoms with E-state index in [4.69, 9.17) is 9.47 Å². The number of hydrogen-bond acceptors (Lipinski definition) is 4. The number of hydrogen-bond donors (Lipinski definition) is 0. The predicted molar refractivity (Wildman–Crippen MR) is 75.4 cm³/mol. The average Bonchev–Trinajstić information content (AvgIpc) is 2.93. The summed E-state index contributed by atoms with van der Waals surface area (Å²) in [4.78, 5) is 9.08. The van der Waals surface area contributed by atoms with E-state index in [1.54, 1.807) is 20.4 Å². The van der Waals surface area contributed by atoms with Gasteiger partial charge in [-0.25, -0.2) is 9.97 Å². The van der Waals surface area contributed by atoms with Crippen LogP contribution in [0, 0.1) is 0 Å². The molecule has 20 heavy (non-hydrogen) atoms. The standard InChI is InChI=1S/C16H18N2O2/c1-19-16(20-2)14-9-10-17-15(18-14)13-8-7-11-5-3-4-6-12(11)13/h3-6,9-10,13,16H,7-8H2,1-2H3. The Hall–Kier alpha value is -1.78. The van der Waals surface area contributed by atoms with E-state index < -0.39 is 6.29 Å². The maximum Gasteiger partial charge on any atom is 0.200 e. The third kappa shape index (κ3) is 2.32. The number of aryl methyl sites for hydroxylation is 1. The summed E-state index contributed by atoms with van der Waals surface area (Å²) >= 11 is 0. The zero-order valence-corrected chi connectivity index (χ0v) is 11.7. The fraction of sp³-hybridized carbons (Fsp3) is 0.375. The van der Waals surface area contributed by atoms with Crippen LogP contribution < -0.4 is 0 Å². The molecule has 2 aromatic rings. The van der Waals surface area contributed by atoms with Gasteiger partial charge in [-0.15, -0.1) is 0 Å². The van der Waals surface area contributed by atoms with E-state index in [-0.39, 0.29) is 5.92 Å². The Morgan fingerprint density at radius 3 is 2.75 bits per heavy atom.